The first kappa shape index (κ1) is 15.8. The third-order valence-electron chi connectivity index (χ3n) is 4.99. The van der Waals surface area contributed by atoms with E-state index in [1.165, 1.54) is 25.7 Å². The smallest absolute Gasteiger partial charge is 0.234 e. The van der Waals surface area contributed by atoms with Crippen LogP contribution < -0.4 is 5.32 Å². The molecule has 0 spiro atoms. The summed E-state index contributed by atoms with van der Waals surface area (Å²) in [4.78, 5) is 21.2. The molecule has 1 saturated carbocycles. The number of rotatable bonds is 4. The Balaban J connectivity index is 1.56. The number of imidazole rings is 1. The molecule has 1 fully saturated rings. The molecule has 1 N–H and O–H groups in total. The number of carbonyl (C=O) groups is 1. The van der Waals surface area contributed by atoms with Crippen molar-refractivity contribution < 1.29 is 4.79 Å². The molecular weight excluding hydrogens is 312 g/mol. The Hall–Kier alpha value is -2.69. The lowest BCUT2D eigenvalue weighted by Crippen LogP contribution is -2.15. The van der Waals surface area contributed by atoms with Crippen molar-refractivity contribution in [3.63, 3.8) is 0 Å². The highest BCUT2D eigenvalue weighted by Gasteiger charge is 2.19. The number of aromatic nitrogens is 3. The van der Waals surface area contributed by atoms with Gasteiger partial charge in [0.05, 0.1) is 5.69 Å². The number of aryl methyl sites for hydroxylation is 1. The third-order valence-corrected chi connectivity index (χ3v) is 4.99. The number of nitrogens with zero attached hydrogens (tertiary/aromatic N) is 3. The van der Waals surface area contributed by atoms with Crippen LogP contribution in [0.25, 0.3) is 17.0 Å². The van der Waals surface area contributed by atoms with Gasteiger partial charge in [0, 0.05) is 36.3 Å². The molecule has 25 heavy (non-hydrogen) atoms. The zero-order valence-electron chi connectivity index (χ0n) is 14.4. The van der Waals surface area contributed by atoms with Gasteiger partial charge in [-0.1, -0.05) is 25.0 Å². The van der Waals surface area contributed by atoms with E-state index in [-0.39, 0.29) is 5.91 Å². The van der Waals surface area contributed by atoms with E-state index in [9.17, 15) is 4.79 Å². The zero-order chi connectivity index (χ0) is 17.2. The van der Waals surface area contributed by atoms with Crippen molar-refractivity contribution in [3.8, 4) is 11.3 Å². The SMILES string of the molecule is Cc1ccc(-c2cn3cccnc3n2)cc1NC(=O)CC1CCCC1. The summed E-state index contributed by atoms with van der Waals surface area (Å²) in [6, 6.07) is 7.94. The minimum absolute atomic E-state index is 0.115. The maximum Gasteiger partial charge on any atom is 0.234 e. The van der Waals surface area contributed by atoms with Crippen LogP contribution in [0.3, 0.4) is 0 Å². The van der Waals surface area contributed by atoms with Crippen LogP contribution in [0.5, 0.6) is 0 Å². The van der Waals surface area contributed by atoms with Gasteiger partial charge in [-0.3, -0.25) is 9.20 Å². The Morgan fingerprint density at radius 1 is 1.32 bits per heavy atom. The first-order chi connectivity index (χ1) is 12.2. The molecule has 1 amide bonds. The van der Waals surface area contributed by atoms with Gasteiger partial charge in [0.25, 0.3) is 0 Å². The van der Waals surface area contributed by atoms with Crippen LogP contribution in [-0.4, -0.2) is 20.3 Å². The van der Waals surface area contributed by atoms with E-state index >= 15 is 0 Å². The van der Waals surface area contributed by atoms with E-state index in [2.05, 4.69) is 15.3 Å². The second-order valence-electron chi connectivity index (χ2n) is 6.89. The largest absolute Gasteiger partial charge is 0.326 e. The van der Waals surface area contributed by atoms with Gasteiger partial charge >= 0.3 is 0 Å². The van der Waals surface area contributed by atoms with E-state index in [4.69, 9.17) is 0 Å². The molecule has 5 heteroatoms. The summed E-state index contributed by atoms with van der Waals surface area (Å²) in [6.45, 7) is 2.01. The maximum absolute atomic E-state index is 12.4. The van der Waals surface area contributed by atoms with Gasteiger partial charge < -0.3 is 5.32 Å². The van der Waals surface area contributed by atoms with E-state index in [1.807, 2.05) is 48.0 Å². The number of fused-ring (bicyclic) bond motifs is 1. The Morgan fingerprint density at radius 2 is 2.16 bits per heavy atom. The normalized spacial score (nSPS) is 14.9. The quantitative estimate of drug-likeness (QED) is 0.777. The summed E-state index contributed by atoms with van der Waals surface area (Å²) < 4.78 is 1.90. The van der Waals surface area contributed by atoms with Crippen LogP contribution in [0, 0.1) is 12.8 Å². The molecule has 4 rings (SSSR count). The molecule has 2 heterocycles. The number of benzene rings is 1. The van der Waals surface area contributed by atoms with Crippen molar-refractivity contribution in [1.29, 1.82) is 0 Å². The van der Waals surface area contributed by atoms with Gasteiger partial charge in [0.1, 0.15) is 0 Å². The van der Waals surface area contributed by atoms with E-state index in [0.717, 1.165) is 22.5 Å². The second-order valence-corrected chi connectivity index (χ2v) is 6.89. The van der Waals surface area contributed by atoms with Crippen molar-refractivity contribution in [3.05, 3.63) is 48.4 Å². The van der Waals surface area contributed by atoms with E-state index < -0.39 is 0 Å². The first-order valence-electron chi connectivity index (χ1n) is 8.89. The minimum atomic E-state index is 0.115. The van der Waals surface area contributed by atoms with Crippen LogP contribution in [-0.2, 0) is 4.79 Å². The molecule has 1 aliphatic rings. The summed E-state index contributed by atoms with van der Waals surface area (Å²) in [5, 5.41) is 3.09. The van der Waals surface area contributed by atoms with Gasteiger partial charge in [-0.25, -0.2) is 9.97 Å². The fourth-order valence-electron chi connectivity index (χ4n) is 3.56. The van der Waals surface area contributed by atoms with Crippen molar-refractivity contribution >= 4 is 17.4 Å². The number of anilines is 1. The average molecular weight is 334 g/mol. The Labute approximate surface area is 147 Å². The molecule has 0 unspecified atom stereocenters. The third kappa shape index (κ3) is 3.40. The number of carbonyl (C=O) groups excluding carboxylic acids is 1. The highest BCUT2D eigenvalue weighted by molar-refractivity contribution is 5.92. The molecule has 2 aromatic heterocycles. The summed E-state index contributed by atoms with van der Waals surface area (Å²) in [5.41, 5.74) is 3.76. The molecule has 1 aliphatic carbocycles. The molecule has 0 bridgehead atoms. The van der Waals surface area contributed by atoms with Crippen LogP contribution in [0.15, 0.2) is 42.9 Å². The van der Waals surface area contributed by atoms with Crippen LogP contribution in [0.4, 0.5) is 5.69 Å². The monoisotopic (exact) mass is 334 g/mol. The lowest BCUT2D eigenvalue weighted by Gasteiger charge is -2.12. The number of nitrogens with one attached hydrogen (secondary N) is 1. The van der Waals surface area contributed by atoms with Crippen molar-refractivity contribution in [1.82, 2.24) is 14.4 Å². The van der Waals surface area contributed by atoms with E-state index in [0.29, 0.717) is 18.1 Å². The van der Waals surface area contributed by atoms with Gasteiger partial charge in [-0.15, -0.1) is 0 Å². The fraction of sp³-hybridized carbons (Fsp3) is 0.350. The van der Waals surface area contributed by atoms with Crippen LogP contribution in [0.2, 0.25) is 0 Å². The number of hydrogen-bond donors (Lipinski definition) is 1. The molecule has 0 aliphatic heterocycles. The average Bonchev–Trinajstić information content (AvgIpc) is 3.25. The highest BCUT2D eigenvalue weighted by atomic mass is 16.1. The number of hydrogen-bond acceptors (Lipinski definition) is 3. The summed E-state index contributed by atoms with van der Waals surface area (Å²) in [6.07, 6.45) is 11.1. The van der Waals surface area contributed by atoms with Gasteiger partial charge in [-0.05, 0) is 43.4 Å². The maximum atomic E-state index is 12.4. The summed E-state index contributed by atoms with van der Waals surface area (Å²) in [7, 11) is 0. The number of amides is 1. The minimum Gasteiger partial charge on any atom is -0.326 e. The molecular formula is C20H22N4O. The molecule has 5 nitrogen and oxygen atoms in total. The predicted octanol–water partition coefficient (Wildman–Crippen LogP) is 4.22. The Morgan fingerprint density at radius 3 is 2.96 bits per heavy atom. The highest BCUT2D eigenvalue weighted by Crippen LogP contribution is 2.29. The van der Waals surface area contributed by atoms with E-state index in [1.54, 1.807) is 6.20 Å². The molecule has 0 atom stereocenters. The Kier molecular flexibility index (Phi) is 4.22. The lowest BCUT2D eigenvalue weighted by molar-refractivity contribution is -0.117. The van der Waals surface area contributed by atoms with Crippen LogP contribution >= 0.6 is 0 Å². The molecule has 0 saturated heterocycles. The topological polar surface area (TPSA) is 59.3 Å². The van der Waals surface area contributed by atoms with Gasteiger partial charge in [0.15, 0.2) is 0 Å². The lowest BCUT2D eigenvalue weighted by atomic mass is 10.0. The van der Waals surface area contributed by atoms with Gasteiger partial charge in [0.2, 0.25) is 11.7 Å². The van der Waals surface area contributed by atoms with Crippen molar-refractivity contribution in [2.24, 2.45) is 5.92 Å². The first-order valence-corrected chi connectivity index (χ1v) is 8.89. The fourth-order valence-corrected chi connectivity index (χ4v) is 3.56. The van der Waals surface area contributed by atoms with Crippen LogP contribution in [0.1, 0.15) is 37.7 Å². The standard InChI is InChI=1S/C20H22N4O/c1-14-7-8-16(18-13-24-10-4-9-21-20(24)23-18)12-17(14)22-19(25)11-15-5-2-3-6-15/h4,7-10,12-13,15H,2-3,5-6,11H2,1H3,(H,22,25). The summed E-state index contributed by atoms with van der Waals surface area (Å²) in [5.74, 6) is 1.33. The zero-order valence-corrected chi connectivity index (χ0v) is 14.4. The van der Waals surface area contributed by atoms with Crippen molar-refractivity contribution in [2.45, 2.75) is 39.0 Å². The molecule has 128 valence electrons. The molecule has 1 aromatic carbocycles. The van der Waals surface area contributed by atoms with Crippen molar-refractivity contribution in [2.75, 3.05) is 5.32 Å². The second kappa shape index (κ2) is 6.67. The summed E-state index contributed by atoms with van der Waals surface area (Å²) >= 11 is 0. The predicted molar refractivity (Wildman–Crippen MR) is 98.4 cm³/mol. The molecule has 3 aromatic rings. The Bertz CT molecular complexity index is 876. The molecule has 0 radical (unpaired) electrons. The van der Waals surface area contributed by atoms with Gasteiger partial charge in [-0.2, -0.15) is 0 Å².